The fourth-order valence-corrected chi connectivity index (χ4v) is 4.83. The highest BCUT2D eigenvalue weighted by Crippen LogP contribution is 2.42. The lowest BCUT2D eigenvalue weighted by Crippen LogP contribution is -2.67. The van der Waals surface area contributed by atoms with Crippen molar-refractivity contribution in [2.75, 3.05) is 26.2 Å². The molecule has 1 aromatic heterocycles. The summed E-state index contributed by atoms with van der Waals surface area (Å²) in [5.41, 5.74) is 2.48. The zero-order chi connectivity index (χ0) is 17.9. The van der Waals surface area contributed by atoms with E-state index in [-0.39, 0.29) is 12.6 Å². The van der Waals surface area contributed by atoms with Crippen LogP contribution < -0.4 is 0 Å². The fourth-order valence-electron chi connectivity index (χ4n) is 4.56. The van der Waals surface area contributed by atoms with Gasteiger partial charge in [0.2, 0.25) is 0 Å². The zero-order valence-corrected chi connectivity index (χ0v) is 16.6. The standard InChI is InChI=1S/C21H26BrN3O/c22-17-8-6-16(7-9-17)21-19-14-24(13-18-5-1-2-10-23-18)11-3-4-12-25(19)20(21)15-26/h1-2,5-10,19-21,26H,3-4,11-15H2/t19-,20+,21-/m0/s1. The summed E-state index contributed by atoms with van der Waals surface area (Å²) >= 11 is 3.53. The van der Waals surface area contributed by atoms with E-state index in [1.54, 1.807) is 0 Å². The number of fused-ring (bicyclic) bond motifs is 1. The van der Waals surface area contributed by atoms with Gasteiger partial charge in [-0.2, -0.15) is 0 Å². The fraction of sp³-hybridized carbons (Fsp3) is 0.476. The van der Waals surface area contributed by atoms with Gasteiger partial charge < -0.3 is 5.11 Å². The van der Waals surface area contributed by atoms with E-state index in [9.17, 15) is 5.11 Å². The largest absolute Gasteiger partial charge is 0.395 e. The van der Waals surface area contributed by atoms with E-state index < -0.39 is 0 Å². The third-order valence-electron chi connectivity index (χ3n) is 5.82. The van der Waals surface area contributed by atoms with Crippen LogP contribution in [0.4, 0.5) is 0 Å². The van der Waals surface area contributed by atoms with Crippen molar-refractivity contribution in [2.45, 2.75) is 37.4 Å². The predicted molar refractivity (Wildman–Crippen MR) is 107 cm³/mol. The molecule has 3 heterocycles. The van der Waals surface area contributed by atoms with Gasteiger partial charge in [-0.3, -0.25) is 14.8 Å². The Labute approximate surface area is 164 Å². The molecule has 3 atom stereocenters. The first kappa shape index (κ1) is 18.1. The SMILES string of the molecule is OC[C@@H]1[C@@H](c2ccc(Br)cc2)[C@@H]2CN(Cc3ccccn3)CCCCN12. The summed E-state index contributed by atoms with van der Waals surface area (Å²) in [7, 11) is 0. The van der Waals surface area contributed by atoms with Crippen LogP contribution in [0, 0.1) is 0 Å². The van der Waals surface area contributed by atoms with Crippen molar-refractivity contribution < 1.29 is 5.11 Å². The molecule has 2 saturated heterocycles. The minimum Gasteiger partial charge on any atom is -0.395 e. The van der Waals surface area contributed by atoms with Gasteiger partial charge in [-0.15, -0.1) is 0 Å². The molecule has 2 aliphatic rings. The molecule has 0 saturated carbocycles. The number of rotatable bonds is 4. The van der Waals surface area contributed by atoms with Gasteiger partial charge in [0.25, 0.3) is 0 Å². The van der Waals surface area contributed by atoms with Gasteiger partial charge in [0.1, 0.15) is 0 Å². The van der Waals surface area contributed by atoms with Gasteiger partial charge in [0.05, 0.1) is 12.3 Å². The molecular weight excluding hydrogens is 390 g/mol. The average molecular weight is 416 g/mol. The summed E-state index contributed by atoms with van der Waals surface area (Å²) in [5.74, 6) is 0.400. The summed E-state index contributed by atoms with van der Waals surface area (Å²) in [6.07, 6.45) is 4.28. The van der Waals surface area contributed by atoms with Crippen LogP contribution >= 0.6 is 15.9 Å². The number of aliphatic hydroxyl groups is 1. The maximum absolute atomic E-state index is 10.00. The van der Waals surface area contributed by atoms with Crippen molar-refractivity contribution in [3.63, 3.8) is 0 Å². The van der Waals surface area contributed by atoms with Gasteiger partial charge >= 0.3 is 0 Å². The maximum atomic E-state index is 10.00. The Balaban J connectivity index is 1.54. The van der Waals surface area contributed by atoms with Crippen LogP contribution in [0.1, 0.15) is 30.0 Å². The van der Waals surface area contributed by atoms with Crippen molar-refractivity contribution in [1.82, 2.24) is 14.8 Å². The van der Waals surface area contributed by atoms with Crippen LogP contribution in [-0.4, -0.2) is 58.2 Å². The summed E-state index contributed by atoms with van der Waals surface area (Å²) in [6.45, 7) is 4.39. The minimum atomic E-state index is 0.234. The monoisotopic (exact) mass is 415 g/mol. The van der Waals surface area contributed by atoms with E-state index in [1.807, 2.05) is 12.3 Å². The summed E-state index contributed by atoms with van der Waals surface area (Å²) < 4.78 is 1.10. The number of nitrogens with zero attached hydrogens (tertiary/aromatic N) is 3. The lowest BCUT2D eigenvalue weighted by molar-refractivity contribution is -0.0656. The Hall–Kier alpha value is -1.27. The third-order valence-corrected chi connectivity index (χ3v) is 6.35. The number of hydrogen-bond acceptors (Lipinski definition) is 4. The molecule has 4 rings (SSSR count). The Morgan fingerprint density at radius 3 is 2.62 bits per heavy atom. The van der Waals surface area contributed by atoms with Crippen LogP contribution in [-0.2, 0) is 6.54 Å². The van der Waals surface area contributed by atoms with E-state index in [0.717, 1.165) is 36.3 Å². The number of pyridine rings is 1. The summed E-state index contributed by atoms with van der Waals surface area (Å²) in [6, 6.07) is 15.5. The van der Waals surface area contributed by atoms with Gasteiger partial charge in [-0.05, 0) is 55.8 Å². The highest BCUT2D eigenvalue weighted by atomic mass is 79.9. The Bertz CT molecular complexity index is 709. The first-order chi connectivity index (χ1) is 12.8. The smallest absolute Gasteiger partial charge is 0.0593 e. The third kappa shape index (κ3) is 3.72. The topological polar surface area (TPSA) is 39.6 Å². The van der Waals surface area contributed by atoms with Gasteiger partial charge in [-0.1, -0.05) is 34.1 Å². The Kier molecular flexibility index (Phi) is 5.69. The lowest BCUT2D eigenvalue weighted by atomic mass is 9.74. The highest BCUT2D eigenvalue weighted by molar-refractivity contribution is 9.10. The first-order valence-electron chi connectivity index (χ1n) is 9.50. The second kappa shape index (κ2) is 8.17. The van der Waals surface area contributed by atoms with Crippen LogP contribution in [0.15, 0.2) is 53.1 Å². The maximum Gasteiger partial charge on any atom is 0.0593 e. The Morgan fingerprint density at radius 1 is 1.08 bits per heavy atom. The molecule has 2 aliphatic heterocycles. The van der Waals surface area contributed by atoms with Crippen molar-refractivity contribution in [2.24, 2.45) is 0 Å². The van der Waals surface area contributed by atoms with E-state index in [4.69, 9.17) is 0 Å². The molecule has 2 aromatic rings. The molecule has 26 heavy (non-hydrogen) atoms. The summed E-state index contributed by atoms with van der Waals surface area (Å²) in [4.78, 5) is 9.57. The molecule has 0 radical (unpaired) electrons. The number of benzene rings is 1. The number of halogens is 1. The molecule has 1 aromatic carbocycles. The first-order valence-corrected chi connectivity index (χ1v) is 10.3. The van der Waals surface area contributed by atoms with Crippen molar-refractivity contribution in [3.05, 3.63) is 64.4 Å². The molecule has 0 aliphatic carbocycles. The van der Waals surface area contributed by atoms with Crippen LogP contribution in [0.25, 0.3) is 0 Å². The molecule has 4 nitrogen and oxygen atoms in total. The Morgan fingerprint density at radius 2 is 1.88 bits per heavy atom. The number of aliphatic hydroxyl groups excluding tert-OH is 1. The van der Waals surface area contributed by atoms with Crippen LogP contribution in [0.3, 0.4) is 0 Å². The molecule has 2 fully saturated rings. The summed E-state index contributed by atoms with van der Waals surface area (Å²) in [5, 5.41) is 10.00. The molecule has 0 unspecified atom stereocenters. The molecule has 5 heteroatoms. The zero-order valence-electron chi connectivity index (χ0n) is 15.0. The highest BCUT2D eigenvalue weighted by Gasteiger charge is 2.48. The van der Waals surface area contributed by atoms with Gasteiger partial charge in [-0.25, -0.2) is 0 Å². The van der Waals surface area contributed by atoms with E-state index in [2.05, 4.69) is 67.1 Å². The second-order valence-corrected chi connectivity index (χ2v) is 8.31. The van der Waals surface area contributed by atoms with Crippen molar-refractivity contribution in [3.8, 4) is 0 Å². The quantitative estimate of drug-likeness (QED) is 0.831. The second-order valence-electron chi connectivity index (χ2n) is 7.40. The van der Waals surface area contributed by atoms with Gasteiger partial charge in [0, 0.05) is 41.8 Å². The predicted octanol–water partition coefficient (Wildman–Crippen LogP) is 3.27. The van der Waals surface area contributed by atoms with E-state index in [0.29, 0.717) is 12.0 Å². The molecule has 138 valence electrons. The number of aromatic nitrogens is 1. The normalized spacial score (nSPS) is 27.2. The molecular formula is C21H26BrN3O. The minimum absolute atomic E-state index is 0.234. The van der Waals surface area contributed by atoms with Crippen molar-refractivity contribution >= 4 is 15.9 Å². The van der Waals surface area contributed by atoms with Gasteiger partial charge in [0.15, 0.2) is 0 Å². The number of hydrogen-bond donors (Lipinski definition) is 1. The molecule has 0 spiro atoms. The van der Waals surface area contributed by atoms with E-state index >= 15 is 0 Å². The van der Waals surface area contributed by atoms with Crippen molar-refractivity contribution in [1.29, 1.82) is 0 Å². The molecule has 0 bridgehead atoms. The van der Waals surface area contributed by atoms with Crippen LogP contribution in [0.2, 0.25) is 0 Å². The lowest BCUT2D eigenvalue weighted by Gasteiger charge is -2.57. The van der Waals surface area contributed by atoms with Crippen LogP contribution in [0.5, 0.6) is 0 Å². The average Bonchev–Trinajstić information content (AvgIpc) is 2.65. The molecule has 1 N–H and O–H groups in total. The van der Waals surface area contributed by atoms with E-state index in [1.165, 1.54) is 18.4 Å². The molecule has 0 amide bonds.